The van der Waals surface area contributed by atoms with Crippen LogP contribution in [0.5, 0.6) is 0 Å². The van der Waals surface area contributed by atoms with Crippen molar-refractivity contribution in [2.45, 2.75) is 38.5 Å². The highest BCUT2D eigenvalue weighted by Gasteiger charge is 2.13. The molecule has 2 nitrogen and oxygen atoms in total. The lowest BCUT2D eigenvalue weighted by Crippen LogP contribution is -2.14. The van der Waals surface area contributed by atoms with E-state index in [0.717, 1.165) is 18.9 Å². The van der Waals surface area contributed by atoms with Gasteiger partial charge in [-0.1, -0.05) is 25.7 Å². The topological polar surface area (TPSA) is 23.5 Å². The maximum Gasteiger partial charge on any atom is 0.0235 e. The van der Waals surface area contributed by atoms with Crippen LogP contribution in [0.1, 0.15) is 38.5 Å². The molecule has 1 saturated carbocycles. The zero-order valence-corrected chi connectivity index (χ0v) is 7.42. The Labute approximate surface area is 69.2 Å². The molecule has 0 aromatic carbocycles. The number of nitrogens with zero attached hydrogens (tertiary/aromatic N) is 1. The molecular weight excluding hydrogens is 138 g/mol. The summed E-state index contributed by atoms with van der Waals surface area (Å²) in [6, 6.07) is 0. The van der Waals surface area contributed by atoms with E-state index < -0.39 is 0 Å². The summed E-state index contributed by atoms with van der Waals surface area (Å²) in [6.07, 6.45) is 8.17. The average molecular weight is 157 g/mol. The second kappa shape index (κ2) is 4.73. The third-order valence-electron chi connectivity index (χ3n) is 2.57. The van der Waals surface area contributed by atoms with E-state index in [2.05, 4.69) is 0 Å². The minimum atomic E-state index is 0.830. The van der Waals surface area contributed by atoms with Crippen LogP contribution >= 0.6 is 0 Å². The summed E-state index contributed by atoms with van der Waals surface area (Å²) in [6.45, 7) is 0.830. The van der Waals surface area contributed by atoms with E-state index in [9.17, 15) is 0 Å². The van der Waals surface area contributed by atoms with E-state index in [0.29, 0.717) is 0 Å². The minimum absolute atomic E-state index is 0.830. The molecule has 2 heteroatoms. The largest absolute Gasteiger partial charge is 0.314 e. The highest BCUT2D eigenvalue weighted by Crippen LogP contribution is 2.28. The monoisotopic (exact) mass is 157 g/mol. The number of hydroxylamine groups is 2. The Morgan fingerprint density at radius 2 is 2.00 bits per heavy atom. The van der Waals surface area contributed by atoms with E-state index in [1.165, 1.54) is 37.2 Å². The second-order valence-electron chi connectivity index (χ2n) is 3.67. The number of hydrogen-bond donors (Lipinski definition) is 1. The standard InChI is InChI=1S/C9H19NO/c1-10(11)8-4-7-9-5-2-3-6-9/h9,11H,2-8H2,1H3. The van der Waals surface area contributed by atoms with Gasteiger partial charge < -0.3 is 5.21 Å². The van der Waals surface area contributed by atoms with Crippen LogP contribution in [0.2, 0.25) is 0 Å². The van der Waals surface area contributed by atoms with Gasteiger partial charge in [-0.05, 0) is 18.8 Å². The lowest BCUT2D eigenvalue weighted by Gasteiger charge is -2.10. The lowest BCUT2D eigenvalue weighted by atomic mass is 10.0. The van der Waals surface area contributed by atoms with Gasteiger partial charge in [0, 0.05) is 13.6 Å². The molecule has 0 saturated heterocycles. The van der Waals surface area contributed by atoms with Crippen LogP contribution in [0.25, 0.3) is 0 Å². The first kappa shape index (κ1) is 9.01. The molecule has 1 N–H and O–H groups in total. The summed E-state index contributed by atoms with van der Waals surface area (Å²) in [5, 5.41) is 10.1. The van der Waals surface area contributed by atoms with E-state index in [4.69, 9.17) is 5.21 Å². The fraction of sp³-hybridized carbons (Fsp3) is 1.00. The summed E-state index contributed by atoms with van der Waals surface area (Å²) in [7, 11) is 1.72. The first-order valence-corrected chi connectivity index (χ1v) is 4.69. The molecule has 1 fully saturated rings. The minimum Gasteiger partial charge on any atom is -0.314 e. The maximum atomic E-state index is 8.86. The summed E-state index contributed by atoms with van der Waals surface area (Å²) in [5.74, 6) is 0.968. The second-order valence-corrected chi connectivity index (χ2v) is 3.67. The Kier molecular flexibility index (Phi) is 3.87. The zero-order valence-electron chi connectivity index (χ0n) is 7.42. The van der Waals surface area contributed by atoms with Crippen LogP contribution < -0.4 is 0 Å². The van der Waals surface area contributed by atoms with Crippen molar-refractivity contribution >= 4 is 0 Å². The molecule has 0 aromatic heterocycles. The van der Waals surface area contributed by atoms with Crippen LogP contribution in [-0.2, 0) is 0 Å². The Morgan fingerprint density at radius 3 is 2.55 bits per heavy atom. The van der Waals surface area contributed by atoms with Crippen LogP contribution in [0.3, 0.4) is 0 Å². The van der Waals surface area contributed by atoms with Crippen LogP contribution in [-0.4, -0.2) is 23.9 Å². The summed E-state index contributed by atoms with van der Waals surface area (Å²) < 4.78 is 0. The molecule has 1 aliphatic rings. The van der Waals surface area contributed by atoms with E-state index in [1.54, 1.807) is 7.05 Å². The highest BCUT2D eigenvalue weighted by atomic mass is 16.5. The molecule has 0 radical (unpaired) electrons. The molecule has 0 bridgehead atoms. The number of hydrogen-bond acceptors (Lipinski definition) is 2. The maximum absolute atomic E-state index is 8.86. The molecule has 0 aliphatic heterocycles. The Morgan fingerprint density at radius 1 is 1.36 bits per heavy atom. The first-order valence-electron chi connectivity index (χ1n) is 4.69. The van der Waals surface area contributed by atoms with Crippen molar-refractivity contribution in [3.8, 4) is 0 Å². The van der Waals surface area contributed by atoms with Crippen molar-refractivity contribution in [3.63, 3.8) is 0 Å². The zero-order chi connectivity index (χ0) is 8.10. The Balaban J connectivity index is 1.94. The lowest BCUT2D eigenvalue weighted by molar-refractivity contribution is -0.0661. The van der Waals surface area contributed by atoms with Crippen molar-refractivity contribution in [1.82, 2.24) is 5.06 Å². The summed E-state index contributed by atoms with van der Waals surface area (Å²) >= 11 is 0. The summed E-state index contributed by atoms with van der Waals surface area (Å²) in [4.78, 5) is 0. The van der Waals surface area contributed by atoms with Gasteiger partial charge in [-0.3, -0.25) is 0 Å². The average Bonchev–Trinajstić information content (AvgIpc) is 2.39. The molecule has 0 aromatic rings. The Bertz CT molecular complexity index is 97.7. The first-order chi connectivity index (χ1) is 5.29. The number of rotatable bonds is 4. The van der Waals surface area contributed by atoms with E-state index in [-0.39, 0.29) is 0 Å². The van der Waals surface area contributed by atoms with Crippen LogP contribution in [0.15, 0.2) is 0 Å². The normalized spacial score (nSPS) is 19.9. The molecule has 0 heterocycles. The van der Waals surface area contributed by atoms with Gasteiger partial charge in [-0.15, -0.1) is 0 Å². The highest BCUT2D eigenvalue weighted by molar-refractivity contribution is 4.67. The van der Waals surface area contributed by atoms with Crippen LogP contribution in [0, 0.1) is 5.92 Å². The van der Waals surface area contributed by atoms with Crippen molar-refractivity contribution in [2.24, 2.45) is 5.92 Å². The van der Waals surface area contributed by atoms with Gasteiger partial charge in [0.15, 0.2) is 0 Å². The van der Waals surface area contributed by atoms with Gasteiger partial charge in [-0.2, -0.15) is 5.06 Å². The molecule has 66 valence electrons. The molecule has 1 rings (SSSR count). The van der Waals surface area contributed by atoms with Crippen LogP contribution in [0.4, 0.5) is 0 Å². The van der Waals surface area contributed by atoms with E-state index >= 15 is 0 Å². The molecular formula is C9H19NO. The molecule has 11 heavy (non-hydrogen) atoms. The molecule has 0 spiro atoms. The molecule has 0 unspecified atom stereocenters. The fourth-order valence-electron chi connectivity index (χ4n) is 1.91. The fourth-order valence-corrected chi connectivity index (χ4v) is 1.91. The van der Waals surface area contributed by atoms with Gasteiger partial charge in [0.2, 0.25) is 0 Å². The quantitative estimate of drug-likeness (QED) is 0.633. The molecule has 0 atom stereocenters. The van der Waals surface area contributed by atoms with Gasteiger partial charge in [0.25, 0.3) is 0 Å². The van der Waals surface area contributed by atoms with Gasteiger partial charge >= 0.3 is 0 Å². The van der Waals surface area contributed by atoms with Crippen molar-refractivity contribution in [3.05, 3.63) is 0 Å². The van der Waals surface area contributed by atoms with Crippen molar-refractivity contribution in [2.75, 3.05) is 13.6 Å². The van der Waals surface area contributed by atoms with Crippen molar-refractivity contribution in [1.29, 1.82) is 0 Å². The van der Waals surface area contributed by atoms with Gasteiger partial charge in [0.1, 0.15) is 0 Å². The van der Waals surface area contributed by atoms with E-state index in [1.807, 2.05) is 0 Å². The predicted octanol–water partition coefficient (Wildman–Crippen LogP) is 2.28. The van der Waals surface area contributed by atoms with Gasteiger partial charge in [-0.25, -0.2) is 0 Å². The summed E-state index contributed by atoms with van der Waals surface area (Å²) in [5.41, 5.74) is 0. The third-order valence-corrected chi connectivity index (χ3v) is 2.57. The van der Waals surface area contributed by atoms with Gasteiger partial charge in [0.05, 0.1) is 0 Å². The third kappa shape index (κ3) is 3.73. The Hall–Kier alpha value is -0.0800. The molecule has 0 amide bonds. The van der Waals surface area contributed by atoms with Crippen molar-refractivity contribution < 1.29 is 5.21 Å². The SMILES string of the molecule is CN(O)CCCC1CCCC1. The predicted molar refractivity (Wildman–Crippen MR) is 45.6 cm³/mol. The smallest absolute Gasteiger partial charge is 0.0235 e. The molecule has 1 aliphatic carbocycles.